The number of hydrogen-bond acceptors (Lipinski definition) is 4. The number of aromatic nitrogens is 1. The number of carbonyl (C=O) groups excluding carboxylic acids is 1. The highest BCUT2D eigenvalue weighted by atomic mass is 32.2. The largest absolute Gasteiger partial charge is 0.340 e. The van der Waals surface area contributed by atoms with E-state index in [9.17, 15) is 13.2 Å². The van der Waals surface area contributed by atoms with Crippen LogP contribution in [0, 0.1) is 0 Å². The van der Waals surface area contributed by atoms with E-state index in [1.165, 1.54) is 12.4 Å². The quantitative estimate of drug-likeness (QED) is 0.529. The van der Waals surface area contributed by atoms with Crippen LogP contribution in [0.2, 0.25) is 0 Å². The van der Waals surface area contributed by atoms with Gasteiger partial charge in [-0.05, 0) is 17.7 Å². The fourth-order valence-corrected chi connectivity index (χ4v) is 1.69. The Morgan fingerprint density at radius 2 is 2.07 bits per heavy atom. The predicted molar refractivity (Wildman–Crippen MR) is 52.5 cm³/mol. The maximum absolute atomic E-state index is 10.8. The van der Waals surface area contributed by atoms with Crippen LogP contribution in [0.25, 0.3) is 0 Å². The minimum absolute atomic E-state index is 0.0000926. The van der Waals surface area contributed by atoms with Gasteiger partial charge in [0, 0.05) is 18.8 Å². The van der Waals surface area contributed by atoms with Crippen molar-refractivity contribution in [2.45, 2.75) is 11.8 Å². The molecule has 1 amide bonds. The summed E-state index contributed by atoms with van der Waals surface area (Å²) in [5.41, 5.74) is 0.655. The van der Waals surface area contributed by atoms with Crippen molar-refractivity contribution in [2.24, 2.45) is 0 Å². The molecular weight excluding hydrogens is 220 g/mol. The van der Waals surface area contributed by atoms with Crippen LogP contribution in [0.1, 0.15) is 5.56 Å². The lowest BCUT2D eigenvalue weighted by molar-refractivity contribution is -0.109. The van der Waals surface area contributed by atoms with E-state index in [4.69, 9.17) is 4.55 Å². The van der Waals surface area contributed by atoms with Gasteiger partial charge in [0.2, 0.25) is 6.41 Å². The fourth-order valence-electron chi connectivity index (χ4n) is 1.06. The second-order valence-electron chi connectivity index (χ2n) is 2.85. The zero-order chi connectivity index (χ0) is 11.3. The molecule has 0 aromatic carbocycles. The number of carbonyl (C=O) groups is 1. The molecule has 82 valence electrons. The normalized spacial score (nSPS) is 13.1. The third kappa shape index (κ3) is 3.64. The van der Waals surface area contributed by atoms with Crippen LogP contribution in [-0.2, 0) is 21.3 Å². The van der Waals surface area contributed by atoms with Gasteiger partial charge in [-0.3, -0.25) is 14.3 Å². The Kier molecular flexibility index (Phi) is 3.75. The summed E-state index contributed by atoms with van der Waals surface area (Å²) in [5.74, 6) is 0. The average Bonchev–Trinajstić information content (AvgIpc) is 2.17. The SMILES string of the molecule is O=CNC(Cc1ccncc1)S(=O)(=O)O. The van der Waals surface area contributed by atoms with E-state index in [1.54, 1.807) is 12.1 Å². The van der Waals surface area contributed by atoms with Crippen molar-refractivity contribution in [2.75, 3.05) is 0 Å². The summed E-state index contributed by atoms with van der Waals surface area (Å²) in [4.78, 5) is 13.9. The summed E-state index contributed by atoms with van der Waals surface area (Å²) in [5, 5.41) is 0.710. The van der Waals surface area contributed by atoms with Crippen LogP contribution >= 0.6 is 0 Å². The number of nitrogens with zero attached hydrogens (tertiary/aromatic N) is 1. The van der Waals surface area contributed by atoms with Crippen molar-refractivity contribution in [3.8, 4) is 0 Å². The molecule has 7 heteroatoms. The van der Waals surface area contributed by atoms with Gasteiger partial charge in [-0.15, -0.1) is 0 Å². The summed E-state index contributed by atoms with van der Waals surface area (Å²) >= 11 is 0. The first-order chi connectivity index (χ1) is 7.04. The molecule has 15 heavy (non-hydrogen) atoms. The van der Waals surface area contributed by atoms with Crippen molar-refractivity contribution >= 4 is 16.5 Å². The van der Waals surface area contributed by atoms with Gasteiger partial charge in [0.15, 0.2) is 5.37 Å². The number of hydrogen-bond donors (Lipinski definition) is 2. The molecule has 0 aliphatic heterocycles. The van der Waals surface area contributed by atoms with E-state index in [1.807, 2.05) is 5.32 Å². The topological polar surface area (TPSA) is 96.4 Å². The van der Waals surface area contributed by atoms with Crippen LogP contribution in [0.15, 0.2) is 24.5 Å². The molecule has 1 aromatic rings. The predicted octanol–water partition coefficient (Wildman–Crippen LogP) is -0.416. The average molecular weight is 230 g/mol. The molecule has 0 spiro atoms. The Balaban J connectivity index is 2.81. The molecule has 0 saturated heterocycles. The van der Waals surface area contributed by atoms with Crippen molar-refractivity contribution in [1.82, 2.24) is 10.3 Å². The van der Waals surface area contributed by atoms with Crippen molar-refractivity contribution < 1.29 is 17.8 Å². The summed E-state index contributed by atoms with van der Waals surface area (Å²) in [7, 11) is -4.29. The zero-order valence-electron chi connectivity index (χ0n) is 7.70. The molecule has 2 N–H and O–H groups in total. The summed E-state index contributed by atoms with van der Waals surface area (Å²) < 4.78 is 30.5. The van der Waals surface area contributed by atoms with E-state index in [-0.39, 0.29) is 12.8 Å². The number of nitrogens with one attached hydrogen (secondary N) is 1. The summed E-state index contributed by atoms with van der Waals surface area (Å²) in [6.07, 6.45) is 3.23. The van der Waals surface area contributed by atoms with Crippen LogP contribution < -0.4 is 5.32 Å². The second-order valence-corrected chi connectivity index (χ2v) is 4.45. The van der Waals surface area contributed by atoms with Crippen LogP contribution in [-0.4, -0.2) is 29.7 Å². The van der Waals surface area contributed by atoms with Crippen LogP contribution in [0.5, 0.6) is 0 Å². The van der Waals surface area contributed by atoms with Gasteiger partial charge in [-0.2, -0.15) is 8.42 Å². The Morgan fingerprint density at radius 3 is 2.53 bits per heavy atom. The Labute approximate surface area is 87.1 Å². The Morgan fingerprint density at radius 1 is 1.47 bits per heavy atom. The van der Waals surface area contributed by atoms with Crippen molar-refractivity contribution in [3.63, 3.8) is 0 Å². The van der Waals surface area contributed by atoms with Gasteiger partial charge in [-0.25, -0.2) is 0 Å². The van der Waals surface area contributed by atoms with E-state index in [2.05, 4.69) is 4.98 Å². The monoisotopic (exact) mass is 230 g/mol. The number of rotatable bonds is 5. The highest BCUT2D eigenvalue weighted by molar-refractivity contribution is 7.86. The second kappa shape index (κ2) is 4.85. The molecule has 1 unspecified atom stereocenters. The molecule has 1 rings (SSSR count). The fraction of sp³-hybridized carbons (Fsp3) is 0.250. The first-order valence-corrected chi connectivity index (χ1v) is 5.59. The van der Waals surface area contributed by atoms with E-state index in [0.29, 0.717) is 5.56 Å². The lowest BCUT2D eigenvalue weighted by atomic mass is 10.2. The molecule has 1 heterocycles. The summed E-state index contributed by atoms with van der Waals surface area (Å²) in [6, 6.07) is 3.20. The van der Waals surface area contributed by atoms with Gasteiger partial charge >= 0.3 is 0 Å². The van der Waals surface area contributed by atoms with Gasteiger partial charge in [0.1, 0.15) is 0 Å². The third-order valence-corrected chi connectivity index (χ3v) is 2.81. The minimum atomic E-state index is -4.29. The Bertz CT molecular complexity index is 418. The van der Waals surface area contributed by atoms with E-state index >= 15 is 0 Å². The Hall–Kier alpha value is -1.47. The van der Waals surface area contributed by atoms with E-state index in [0.717, 1.165) is 0 Å². The smallest absolute Gasteiger partial charge is 0.286 e. The van der Waals surface area contributed by atoms with Gasteiger partial charge < -0.3 is 5.32 Å². The maximum Gasteiger partial charge on any atom is 0.286 e. The standard InChI is InChI=1S/C8H10N2O4S/c11-6-10-8(15(12,13)14)5-7-1-3-9-4-2-7/h1-4,6,8H,5H2,(H,10,11)(H,12,13,14). The lowest BCUT2D eigenvalue weighted by Gasteiger charge is -2.12. The van der Waals surface area contributed by atoms with Crippen LogP contribution in [0.3, 0.4) is 0 Å². The van der Waals surface area contributed by atoms with E-state index < -0.39 is 15.5 Å². The number of amides is 1. The molecule has 0 saturated carbocycles. The van der Waals surface area contributed by atoms with Gasteiger partial charge in [0.05, 0.1) is 0 Å². The molecule has 0 bridgehead atoms. The van der Waals surface area contributed by atoms with Gasteiger partial charge in [-0.1, -0.05) is 0 Å². The first kappa shape index (κ1) is 11.6. The number of pyridine rings is 1. The molecule has 1 atom stereocenters. The molecule has 1 aromatic heterocycles. The molecule has 0 aliphatic carbocycles. The van der Waals surface area contributed by atoms with Crippen LogP contribution in [0.4, 0.5) is 0 Å². The molecular formula is C8H10N2O4S. The van der Waals surface area contributed by atoms with Crippen molar-refractivity contribution in [3.05, 3.63) is 30.1 Å². The summed E-state index contributed by atoms with van der Waals surface area (Å²) in [6.45, 7) is 0. The lowest BCUT2D eigenvalue weighted by Crippen LogP contribution is -2.37. The molecule has 0 aliphatic rings. The highest BCUT2D eigenvalue weighted by Crippen LogP contribution is 2.05. The molecule has 0 radical (unpaired) electrons. The molecule has 0 fully saturated rings. The minimum Gasteiger partial charge on any atom is -0.340 e. The zero-order valence-corrected chi connectivity index (χ0v) is 8.52. The first-order valence-electron chi connectivity index (χ1n) is 4.09. The highest BCUT2D eigenvalue weighted by Gasteiger charge is 2.22. The molecule has 6 nitrogen and oxygen atoms in total. The maximum atomic E-state index is 10.8. The van der Waals surface area contributed by atoms with Crippen molar-refractivity contribution in [1.29, 1.82) is 0 Å². The third-order valence-electron chi connectivity index (χ3n) is 1.78. The van der Waals surface area contributed by atoms with Gasteiger partial charge in [0.25, 0.3) is 10.1 Å².